The number of hydrogen-bond donors (Lipinski definition) is 3. The van der Waals surface area contributed by atoms with Crippen LogP contribution in [0.5, 0.6) is 5.75 Å². The Morgan fingerprint density at radius 1 is 1.33 bits per heavy atom. The predicted octanol–water partition coefficient (Wildman–Crippen LogP) is 1.02. The highest BCUT2D eigenvalue weighted by Crippen LogP contribution is 2.19. The second kappa shape index (κ2) is 8.08. The lowest BCUT2D eigenvalue weighted by Gasteiger charge is -2.14. The van der Waals surface area contributed by atoms with Crippen molar-refractivity contribution in [2.45, 2.75) is 26.4 Å². The van der Waals surface area contributed by atoms with Crippen molar-refractivity contribution in [3.63, 3.8) is 0 Å². The van der Waals surface area contributed by atoms with E-state index in [4.69, 9.17) is 9.84 Å². The lowest BCUT2D eigenvalue weighted by molar-refractivity contribution is 0.105. The van der Waals surface area contributed by atoms with Gasteiger partial charge in [-0.2, -0.15) is 0 Å². The summed E-state index contributed by atoms with van der Waals surface area (Å²) in [5.41, 5.74) is 2.22. The van der Waals surface area contributed by atoms with Gasteiger partial charge in [0.2, 0.25) is 0 Å². The third-order valence-corrected chi connectivity index (χ3v) is 2.67. The highest BCUT2D eigenvalue weighted by molar-refractivity contribution is 5.35. The predicted molar refractivity (Wildman–Crippen MR) is 72.0 cm³/mol. The third kappa shape index (κ3) is 5.49. The van der Waals surface area contributed by atoms with Gasteiger partial charge >= 0.3 is 0 Å². The Kier molecular flexibility index (Phi) is 6.72. The van der Waals surface area contributed by atoms with E-state index < -0.39 is 6.10 Å². The summed E-state index contributed by atoms with van der Waals surface area (Å²) >= 11 is 0. The van der Waals surface area contributed by atoms with Crippen molar-refractivity contribution in [3.05, 3.63) is 29.3 Å². The molecule has 18 heavy (non-hydrogen) atoms. The molecule has 0 fully saturated rings. The number of rotatable bonds is 8. The molecule has 1 aromatic rings. The van der Waals surface area contributed by atoms with E-state index in [1.54, 1.807) is 0 Å². The normalized spacial score (nSPS) is 12.4. The van der Waals surface area contributed by atoms with Crippen LogP contribution in [0.3, 0.4) is 0 Å². The fourth-order valence-corrected chi connectivity index (χ4v) is 1.58. The molecule has 0 spiro atoms. The molecule has 0 aliphatic heterocycles. The number of benzene rings is 1. The smallest absolute Gasteiger partial charge is 0.122 e. The van der Waals surface area contributed by atoms with Crippen molar-refractivity contribution in [2.75, 3.05) is 26.3 Å². The van der Waals surface area contributed by atoms with Gasteiger partial charge in [0.1, 0.15) is 18.5 Å². The number of aliphatic hydroxyl groups is 2. The average molecular weight is 253 g/mol. The van der Waals surface area contributed by atoms with Gasteiger partial charge in [-0.1, -0.05) is 12.1 Å². The van der Waals surface area contributed by atoms with E-state index in [9.17, 15) is 5.11 Å². The monoisotopic (exact) mass is 253 g/mol. The lowest BCUT2D eigenvalue weighted by atomic mass is 10.1. The van der Waals surface area contributed by atoms with Crippen LogP contribution in [-0.4, -0.2) is 42.6 Å². The zero-order valence-electron chi connectivity index (χ0n) is 11.1. The zero-order chi connectivity index (χ0) is 13.4. The quantitative estimate of drug-likeness (QED) is 0.605. The molecule has 1 rings (SSSR count). The first-order chi connectivity index (χ1) is 8.63. The summed E-state index contributed by atoms with van der Waals surface area (Å²) in [4.78, 5) is 0. The van der Waals surface area contributed by atoms with Gasteiger partial charge in [-0.05, 0) is 44.0 Å². The Labute approximate surface area is 109 Å². The second-order valence-corrected chi connectivity index (χ2v) is 4.52. The molecule has 0 heterocycles. The molecule has 0 radical (unpaired) electrons. The summed E-state index contributed by atoms with van der Waals surface area (Å²) in [6, 6.07) is 6.02. The number of aliphatic hydroxyl groups excluding tert-OH is 2. The van der Waals surface area contributed by atoms with Crippen LogP contribution in [0.15, 0.2) is 18.2 Å². The van der Waals surface area contributed by atoms with Crippen molar-refractivity contribution in [2.24, 2.45) is 0 Å². The van der Waals surface area contributed by atoms with Gasteiger partial charge in [0.25, 0.3) is 0 Å². The number of ether oxygens (including phenoxy) is 1. The average Bonchev–Trinajstić information content (AvgIpc) is 2.36. The molecule has 0 saturated heterocycles. The Balaban J connectivity index is 2.29. The third-order valence-electron chi connectivity index (χ3n) is 2.67. The molecule has 1 aromatic carbocycles. The first-order valence-electron chi connectivity index (χ1n) is 6.33. The van der Waals surface area contributed by atoms with Crippen LogP contribution in [0.2, 0.25) is 0 Å². The van der Waals surface area contributed by atoms with Crippen molar-refractivity contribution in [1.82, 2.24) is 5.32 Å². The largest absolute Gasteiger partial charge is 0.491 e. The molecule has 4 nitrogen and oxygen atoms in total. The molecule has 0 aliphatic rings. The van der Waals surface area contributed by atoms with Crippen molar-refractivity contribution >= 4 is 0 Å². The Morgan fingerprint density at radius 2 is 2.11 bits per heavy atom. The van der Waals surface area contributed by atoms with Crippen LogP contribution in [0.1, 0.15) is 17.5 Å². The molecule has 1 atom stereocenters. The highest BCUT2D eigenvalue weighted by Gasteiger charge is 2.06. The minimum atomic E-state index is -0.538. The first kappa shape index (κ1) is 15.0. The minimum absolute atomic E-state index is 0.169. The van der Waals surface area contributed by atoms with Crippen LogP contribution in [0, 0.1) is 13.8 Å². The number of aryl methyl sites for hydroxylation is 2. The van der Waals surface area contributed by atoms with Gasteiger partial charge in [0, 0.05) is 13.2 Å². The molecule has 4 heteroatoms. The van der Waals surface area contributed by atoms with E-state index in [-0.39, 0.29) is 13.2 Å². The van der Waals surface area contributed by atoms with E-state index in [0.717, 1.165) is 16.9 Å². The Hall–Kier alpha value is -1.10. The SMILES string of the molecule is Cc1ccc(C)c(OCC(O)CNCCCO)c1. The molecular weight excluding hydrogens is 230 g/mol. The molecule has 1 unspecified atom stereocenters. The molecule has 102 valence electrons. The maximum absolute atomic E-state index is 9.72. The summed E-state index contributed by atoms with van der Waals surface area (Å²) in [5, 5.41) is 21.4. The number of hydrogen-bond acceptors (Lipinski definition) is 4. The van der Waals surface area contributed by atoms with E-state index >= 15 is 0 Å². The van der Waals surface area contributed by atoms with Crippen LogP contribution in [0.4, 0.5) is 0 Å². The van der Waals surface area contributed by atoms with Crippen molar-refractivity contribution in [1.29, 1.82) is 0 Å². The van der Waals surface area contributed by atoms with Gasteiger partial charge in [-0.25, -0.2) is 0 Å². The summed E-state index contributed by atoms with van der Waals surface area (Å²) < 4.78 is 5.60. The first-order valence-corrected chi connectivity index (χ1v) is 6.33. The van der Waals surface area contributed by atoms with Crippen molar-refractivity contribution in [3.8, 4) is 5.75 Å². The van der Waals surface area contributed by atoms with Crippen LogP contribution in [0.25, 0.3) is 0 Å². The van der Waals surface area contributed by atoms with E-state index in [0.29, 0.717) is 19.5 Å². The van der Waals surface area contributed by atoms with Gasteiger partial charge in [0.15, 0.2) is 0 Å². The molecule has 0 aliphatic carbocycles. The van der Waals surface area contributed by atoms with E-state index in [1.165, 1.54) is 0 Å². The van der Waals surface area contributed by atoms with Crippen molar-refractivity contribution < 1.29 is 14.9 Å². The molecule has 3 N–H and O–H groups in total. The van der Waals surface area contributed by atoms with E-state index in [2.05, 4.69) is 5.32 Å². The molecular formula is C14H23NO3. The Morgan fingerprint density at radius 3 is 2.83 bits per heavy atom. The highest BCUT2D eigenvalue weighted by atomic mass is 16.5. The van der Waals surface area contributed by atoms with Gasteiger partial charge < -0.3 is 20.3 Å². The van der Waals surface area contributed by atoms with Gasteiger partial charge in [-0.3, -0.25) is 0 Å². The molecule has 0 saturated carbocycles. The second-order valence-electron chi connectivity index (χ2n) is 4.52. The lowest BCUT2D eigenvalue weighted by Crippen LogP contribution is -2.32. The fraction of sp³-hybridized carbons (Fsp3) is 0.571. The summed E-state index contributed by atoms with van der Waals surface area (Å²) in [5.74, 6) is 0.824. The topological polar surface area (TPSA) is 61.7 Å². The maximum atomic E-state index is 9.72. The van der Waals surface area contributed by atoms with Crippen LogP contribution < -0.4 is 10.1 Å². The summed E-state index contributed by atoms with van der Waals surface area (Å²) in [7, 11) is 0. The molecule has 0 aromatic heterocycles. The zero-order valence-corrected chi connectivity index (χ0v) is 11.1. The molecule has 0 bridgehead atoms. The summed E-state index contributed by atoms with van der Waals surface area (Å²) in [6.07, 6.45) is 0.161. The van der Waals surface area contributed by atoms with Gasteiger partial charge in [0.05, 0.1) is 0 Å². The summed E-state index contributed by atoms with van der Waals surface area (Å²) in [6.45, 7) is 5.63. The van der Waals surface area contributed by atoms with Crippen LogP contribution in [-0.2, 0) is 0 Å². The number of nitrogens with one attached hydrogen (secondary N) is 1. The van der Waals surface area contributed by atoms with Gasteiger partial charge in [-0.15, -0.1) is 0 Å². The molecule has 0 amide bonds. The standard InChI is InChI=1S/C14H23NO3/c1-11-4-5-12(2)14(8-11)18-10-13(17)9-15-6-3-7-16/h4-5,8,13,15-17H,3,6-7,9-10H2,1-2H3. The minimum Gasteiger partial charge on any atom is -0.491 e. The maximum Gasteiger partial charge on any atom is 0.122 e. The Bertz CT molecular complexity index is 355. The van der Waals surface area contributed by atoms with Crippen LogP contribution >= 0.6 is 0 Å². The fourth-order valence-electron chi connectivity index (χ4n) is 1.58. The van der Waals surface area contributed by atoms with E-state index in [1.807, 2.05) is 32.0 Å².